The van der Waals surface area contributed by atoms with E-state index >= 15 is 0 Å². The van der Waals surface area contributed by atoms with Crippen molar-refractivity contribution in [1.29, 1.82) is 0 Å². The van der Waals surface area contributed by atoms with Crippen molar-refractivity contribution in [3.05, 3.63) is 83.4 Å². The highest BCUT2D eigenvalue weighted by atomic mass is 16.5. The van der Waals surface area contributed by atoms with E-state index < -0.39 is 6.10 Å². The molecule has 3 amide bonds. The fourth-order valence-electron chi connectivity index (χ4n) is 4.17. The number of urea groups is 1. The molecule has 4 rings (SSSR count). The van der Waals surface area contributed by atoms with Gasteiger partial charge in [0.2, 0.25) is 0 Å². The lowest BCUT2D eigenvalue weighted by molar-refractivity contribution is -0.139. The van der Waals surface area contributed by atoms with Gasteiger partial charge in [-0.15, -0.1) is 0 Å². The Hall–Kier alpha value is -4.00. The Morgan fingerprint density at radius 1 is 1.03 bits per heavy atom. The number of hydrogen-bond acceptors (Lipinski definition) is 4. The molecule has 0 radical (unpaired) electrons. The lowest BCUT2D eigenvalue weighted by atomic mass is 10.0. The van der Waals surface area contributed by atoms with Gasteiger partial charge < -0.3 is 25.0 Å². The maximum absolute atomic E-state index is 13.2. The summed E-state index contributed by atoms with van der Waals surface area (Å²) in [7, 11) is 1.63. The second kappa shape index (κ2) is 11.2. The molecule has 0 saturated carbocycles. The van der Waals surface area contributed by atoms with E-state index in [1.807, 2.05) is 67.6 Å². The van der Waals surface area contributed by atoms with Gasteiger partial charge in [0.15, 0.2) is 6.10 Å². The summed E-state index contributed by atoms with van der Waals surface area (Å²) >= 11 is 0. The molecular weight excluding hydrogens is 454 g/mol. The van der Waals surface area contributed by atoms with E-state index in [0.717, 1.165) is 22.6 Å². The number of carbonyl (C=O) groups is 2. The molecule has 0 aliphatic carbocycles. The summed E-state index contributed by atoms with van der Waals surface area (Å²) in [5, 5.41) is 5.76. The van der Waals surface area contributed by atoms with Gasteiger partial charge in [-0.1, -0.05) is 45.0 Å². The van der Waals surface area contributed by atoms with Gasteiger partial charge in [-0.25, -0.2) is 4.79 Å². The summed E-state index contributed by atoms with van der Waals surface area (Å²) in [5.74, 6) is 1.80. The molecule has 0 spiro atoms. The molecule has 1 aliphatic rings. The fourth-order valence-corrected chi connectivity index (χ4v) is 4.17. The van der Waals surface area contributed by atoms with Gasteiger partial charge in [-0.3, -0.25) is 4.79 Å². The number of hydrogen-bond donors (Lipinski definition) is 2. The third-order valence-corrected chi connectivity index (χ3v) is 6.27. The average molecular weight is 488 g/mol. The Labute approximate surface area is 212 Å². The quantitative estimate of drug-likeness (QED) is 0.418. The first-order valence-corrected chi connectivity index (χ1v) is 12.3. The number of amides is 3. The minimum atomic E-state index is -0.555. The van der Waals surface area contributed by atoms with Crippen molar-refractivity contribution in [3.63, 3.8) is 0 Å². The Bertz CT molecular complexity index is 1210. The molecule has 1 atom stereocenters. The van der Waals surface area contributed by atoms with Crippen LogP contribution >= 0.6 is 0 Å². The van der Waals surface area contributed by atoms with Crippen molar-refractivity contribution < 1.29 is 19.1 Å². The SMILES string of the molecule is CC[C@@H]1Oc2ccc(NC(=O)Nc3ccc(C(C)C)cc3)cc2CN(Cc2ccc(OC)cc2)C1=O. The zero-order valence-electron chi connectivity index (χ0n) is 21.2. The van der Waals surface area contributed by atoms with Crippen molar-refractivity contribution in [1.82, 2.24) is 4.90 Å². The van der Waals surface area contributed by atoms with Gasteiger partial charge in [0, 0.05) is 30.0 Å². The number of fused-ring (bicyclic) bond motifs is 1. The topological polar surface area (TPSA) is 79.9 Å². The molecule has 3 aromatic rings. The molecule has 0 unspecified atom stereocenters. The van der Waals surface area contributed by atoms with Crippen LogP contribution in [0.3, 0.4) is 0 Å². The molecule has 36 heavy (non-hydrogen) atoms. The molecular formula is C29H33N3O4. The van der Waals surface area contributed by atoms with Gasteiger partial charge >= 0.3 is 6.03 Å². The van der Waals surface area contributed by atoms with E-state index in [2.05, 4.69) is 24.5 Å². The molecule has 2 N–H and O–H groups in total. The molecule has 7 heteroatoms. The third kappa shape index (κ3) is 5.97. The molecule has 188 valence electrons. The number of nitrogens with zero attached hydrogens (tertiary/aromatic N) is 1. The van der Waals surface area contributed by atoms with E-state index in [-0.39, 0.29) is 11.9 Å². The maximum Gasteiger partial charge on any atom is 0.323 e. The smallest absolute Gasteiger partial charge is 0.323 e. The predicted octanol–water partition coefficient (Wildman–Crippen LogP) is 6.16. The molecule has 3 aromatic carbocycles. The summed E-state index contributed by atoms with van der Waals surface area (Å²) in [6, 6.07) is 20.6. The summed E-state index contributed by atoms with van der Waals surface area (Å²) in [6.45, 7) is 7.03. The maximum atomic E-state index is 13.2. The number of nitrogens with one attached hydrogen (secondary N) is 2. The number of benzene rings is 3. The van der Waals surface area contributed by atoms with Gasteiger partial charge in [-0.2, -0.15) is 0 Å². The van der Waals surface area contributed by atoms with E-state index in [0.29, 0.717) is 36.9 Å². The highest BCUT2D eigenvalue weighted by molar-refractivity contribution is 5.99. The Kier molecular flexibility index (Phi) is 7.78. The second-order valence-corrected chi connectivity index (χ2v) is 9.24. The van der Waals surface area contributed by atoms with Gasteiger partial charge in [0.25, 0.3) is 5.91 Å². The number of carbonyl (C=O) groups excluding carboxylic acids is 2. The molecule has 1 heterocycles. The first kappa shape index (κ1) is 25.1. The van der Waals surface area contributed by atoms with Crippen molar-refractivity contribution in [2.45, 2.75) is 52.3 Å². The van der Waals surface area contributed by atoms with E-state index in [4.69, 9.17) is 9.47 Å². The molecule has 0 bridgehead atoms. The number of methoxy groups -OCH3 is 1. The van der Waals surface area contributed by atoms with Crippen LogP contribution in [-0.4, -0.2) is 30.1 Å². The first-order valence-electron chi connectivity index (χ1n) is 12.3. The predicted molar refractivity (Wildman–Crippen MR) is 142 cm³/mol. The highest BCUT2D eigenvalue weighted by Crippen LogP contribution is 2.30. The van der Waals surface area contributed by atoms with E-state index in [9.17, 15) is 9.59 Å². The zero-order chi connectivity index (χ0) is 25.7. The van der Waals surface area contributed by atoms with E-state index in [1.165, 1.54) is 5.56 Å². The lowest BCUT2D eigenvalue weighted by Crippen LogP contribution is -2.38. The first-order chi connectivity index (χ1) is 17.4. The molecule has 0 fully saturated rings. The monoisotopic (exact) mass is 487 g/mol. The van der Waals surface area contributed by atoms with E-state index in [1.54, 1.807) is 18.1 Å². The van der Waals surface area contributed by atoms with Gasteiger partial charge in [0.05, 0.1) is 7.11 Å². The highest BCUT2D eigenvalue weighted by Gasteiger charge is 2.30. The van der Waals surface area contributed by atoms with Crippen LogP contribution in [0.4, 0.5) is 16.2 Å². The van der Waals surface area contributed by atoms with Gasteiger partial charge in [-0.05, 0) is 65.9 Å². The summed E-state index contributed by atoms with van der Waals surface area (Å²) in [5.41, 5.74) is 4.40. The van der Waals surface area contributed by atoms with Crippen LogP contribution in [0.2, 0.25) is 0 Å². The van der Waals surface area contributed by atoms with Crippen molar-refractivity contribution >= 4 is 23.3 Å². The van der Waals surface area contributed by atoms with Crippen LogP contribution in [0, 0.1) is 0 Å². The third-order valence-electron chi connectivity index (χ3n) is 6.27. The normalized spacial score (nSPS) is 15.1. The summed E-state index contributed by atoms with van der Waals surface area (Å²) in [4.78, 5) is 27.6. The van der Waals surface area contributed by atoms with Gasteiger partial charge in [0.1, 0.15) is 11.5 Å². The molecule has 1 aliphatic heterocycles. The largest absolute Gasteiger partial charge is 0.497 e. The van der Waals surface area contributed by atoms with Crippen LogP contribution < -0.4 is 20.1 Å². The minimum absolute atomic E-state index is 0.0541. The number of anilines is 2. The number of rotatable bonds is 7. The van der Waals surface area contributed by atoms with Crippen molar-refractivity contribution in [3.8, 4) is 11.5 Å². The van der Waals surface area contributed by atoms with Crippen LogP contribution in [-0.2, 0) is 17.9 Å². The Morgan fingerprint density at radius 2 is 1.69 bits per heavy atom. The van der Waals surface area contributed by atoms with Crippen molar-refractivity contribution in [2.24, 2.45) is 0 Å². The van der Waals surface area contributed by atoms with Crippen molar-refractivity contribution in [2.75, 3.05) is 17.7 Å². The fraction of sp³-hybridized carbons (Fsp3) is 0.310. The average Bonchev–Trinajstić information content (AvgIpc) is 3.00. The Balaban J connectivity index is 1.49. The molecule has 7 nitrogen and oxygen atoms in total. The lowest BCUT2D eigenvalue weighted by Gasteiger charge is -2.23. The second-order valence-electron chi connectivity index (χ2n) is 9.24. The summed E-state index contributed by atoms with van der Waals surface area (Å²) in [6.07, 6.45) is 0.00970. The van der Waals surface area contributed by atoms with Crippen LogP contribution in [0.25, 0.3) is 0 Å². The Morgan fingerprint density at radius 3 is 2.33 bits per heavy atom. The molecule has 0 saturated heterocycles. The standard InChI is InChI=1S/C29H33N3O4/c1-5-26-28(33)32(17-20-6-13-25(35-4)14-7-20)18-22-16-24(12-15-27(22)36-26)31-29(34)30-23-10-8-21(9-11-23)19(2)3/h6-16,19,26H,5,17-18H2,1-4H3,(H2,30,31,34)/t26-/m0/s1. The van der Waals surface area contributed by atoms with Crippen LogP contribution in [0.5, 0.6) is 11.5 Å². The number of ether oxygens (including phenoxy) is 2. The van der Waals surface area contributed by atoms with Crippen LogP contribution in [0.15, 0.2) is 66.7 Å². The molecule has 0 aromatic heterocycles. The van der Waals surface area contributed by atoms with Crippen LogP contribution in [0.1, 0.15) is 49.8 Å². The zero-order valence-corrected chi connectivity index (χ0v) is 21.2. The minimum Gasteiger partial charge on any atom is -0.497 e. The summed E-state index contributed by atoms with van der Waals surface area (Å²) < 4.78 is 11.3.